The molecule has 78 valence electrons. The molecule has 1 saturated carbocycles. The Labute approximate surface area is 88.1 Å². The quantitative estimate of drug-likeness (QED) is 0.769. The van der Waals surface area contributed by atoms with E-state index in [0.29, 0.717) is 5.92 Å². The Morgan fingerprint density at radius 2 is 2.00 bits per heavy atom. The summed E-state index contributed by atoms with van der Waals surface area (Å²) in [5.74, 6) is 1.65. The van der Waals surface area contributed by atoms with Crippen LogP contribution < -0.4 is 5.73 Å². The summed E-state index contributed by atoms with van der Waals surface area (Å²) in [4.78, 5) is 0. The lowest BCUT2D eigenvalue weighted by atomic mass is 10.1. The summed E-state index contributed by atoms with van der Waals surface area (Å²) in [5, 5.41) is 8.44. The number of aromatic nitrogens is 3. The topological polar surface area (TPSA) is 56.2 Å². The van der Waals surface area contributed by atoms with Gasteiger partial charge in [-0.25, -0.2) is 0 Å². The van der Waals surface area contributed by atoms with Crippen molar-refractivity contribution < 1.29 is 0 Å². The molecule has 4 nitrogen and oxygen atoms in total. The summed E-state index contributed by atoms with van der Waals surface area (Å²) < 4.78 is 2.03. The second kappa shape index (κ2) is 3.22. The van der Waals surface area contributed by atoms with Crippen molar-refractivity contribution in [1.29, 1.82) is 0 Å². The molecule has 15 heavy (non-hydrogen) atoms. The minimum Gasteiger partial charge on any atom is -0.398 e. The van der Waals surface area contributed by atoms with Gasteiger partial charge in [0.15, 0.2) is 5.65 Å². The zero-order valence-electron chi connectivity index (χ0n) is 8.56. The third kappa shape index (κ3) is 1.37. The third-order valence-electron chi connectivity index (χ3n) is 3.17. The predicted molar refractivity (Wildman–Crippen MR) is 58.6 cm³/mol. The molecule has 0 aromatic carbocycles. The minimum atomic E-state index is 0.571. The van der Waals surface area contributed by atoms with E-state index >= 15 is 0 Å². The number of nitrogens with zero attached hydrogens (tertiary/aromatic N) is 3. The number of hydrogen-bond donors (Lipinski definition) is 1. The number of hydrogen-bond acceptors (Lipinski definition) is 3. The molecule has 2 N–H and O–H groups in total. The van der Waals surface area contributed by atoms with Crippen LogP contribution in [0.25, 0.3) is 5.65 Å². The van der Waals surface area contributed by atoms with Gasteiger partial charge in [-0.15, -0.1) is 10.2 Å². The normalized spacial score (nSPS) is 17.6. The zero-order chi connectivity index (χ0) is 10.3. The van der Waals surface area contributed by atoms with E-state index in [2.05, 4.69) is 10.2 Å². The van der Waals surface area contributed by atoms with Gasteiger partial charge in [-0.2, -0.15) is 0 Å². The standard InChI is InChI=1S/C11H14N4/c12-9-5-6-10-13-14-11(15(10)7-9)8-3-1-2-4-8/h5-8H,1-4,12H2. The first-order valence-corrected chi connectivity index (χ1v) is 5.45. The monoisotopic (exact) mass is 202 g/mol. The van der Waals surface area contributed by atoms with Gasteiger partial charge in [0, 0.05) is 17.8 Å². The van der Waals surface area contributed by atoms with Gasteiger partial charge < -0.3 is 5.73 Å². The molecule has 3 rings (SSSR count). The van der Waals surface area contributed by atoms with E-state index in [-0.39, 0.29) is 0 Å². The van der Waals surface area contributed by atoms with Gasteiger partial charge in [-0.05, 0) is 25.0 Å². The van der Waals surface area contributed by atoms with Crippen molar-refractivity contribution in [1.82, 2.24) is 14.6 Å². The summed E-state index contributed by atoms with van der Waals surface area (Å²) in [7, 11) is 0. The Balaban J connectivity index is 2.13. The Hall–Kier alpha value is -1.58. The van der Waals surface area contributed by atoms with Crippen LogP contribution in [0.4, 0.5) is 5.69 Å². The summed E-state index contributed by atoms with van der Waals surface area (Å²) in [5.41, 5.74) is 7.43. The van der Waals surface area contributed by atoms with Crippen molar-refractivity contribution in [3.63, 3.8) is 0 Å². The fraction of sp³-hybridized carbons (Fsp3) is 0.455. The van der Waals surface area contributed by atoms with E-state index in [0.717, 1.165) is 17.2 Å². The van der Waals surface area contributed by atoms with Crippen LogP contribution in [0.2, 0.25) is 0 Å². The lowest BCUT2D eigenvalue weighted by Gasteiger charge is -2.06. The van der Waals surface area contributed by atoms with Crippen LogP contribution in [0, 0.1) is 0 Å². The molecule has 2 heterocycles. The van der Waals surface area contributed by atoms with Crippen molar-refractivity contribution in [3.8, 4) is 0 Å². The Kier molecular flexibility index (Phi) is 1.87. The molecule has 1 aliphatic rings. The fourth-order valence-corrected chi connectivity index (χ4v) is 2.39. The lowest BCUT2D eigenvalue weighted by molar-refractivity contribution is 0.659. The number of pyridine rings is 1. The average Bonchev–Trinajstić information content (AvgIpc) is 2.83. The Bertz CT molecular complexity index is 482. The van der Waals surface area contributed by atoms with E-state index in [1.54, 1.807) is 0 Å². The van der Waals surface area contributed by atoms with E-state index < -0.39 is 0 Å². The van der Waals surface area contributed by atoms with Crippen LogP contribution in [-0.2, 0) is 0 Å². The van der Waals surface area contributed by atoms with Gasteiger partial charge in [-0.3, -0.25) is 4.40 Å². The van der Waals surface area contributed by atoms with Crippen molar-refractivity contribution in [2.45, 2.75) is 31.6 Å². The molecule has 0 unspecified atom stereocenters. The molecule has 0 radical (unpaired) electrons. The van der Waals surface area contributed by atoms with Crippen molar-refractivity contribution in [2.24, 2.45) is 0 Å². The predicted octanol–water partition coefficient (Wildman–Crippen LogP) is 1.97. The molecule has 2 aromatic rings. The number of anilines is 1. The molecule has 0 atom stereocenters. The molecule has 0 amide bonds. The van der Waals surface area contributed by atoms with Gasteiger partial charge >= 0.3 is 0 Å². The maximum absolute atomic E-state index is 5.77. The molecular formula is C11H14N4. The Morgan fingerprint density at radius 3 is 2.80 bits per heavy atom. The van der Waals surface area contributed by atoms with Crippen molar-refractivity contribution >= 4 is 11.3 Å². The highest BCUT2D eigenvalue weighted by atomic mass is 15.2. The molecule has 0 spiro atoms. The summed E-state index contributed by atoms with van der Waals surface area (Å²) in [6, 6.07) is 3.78. The van der Waals surface area contributed by atoms with Gasteiger partial charge in [0.2, 0.25) is 0 Å². The van der Waals surface area contributed by atoms with Crippen molar-refractivity contribution in [3.05, 3.63) is 24.2 Å². The van der Waals surface area contributed by atoms with E-state index in [1.165, 1.54) is 25.7 Å². The first-order valence-electron chi connectivity index (χ1n) is 5.45. The zero-order valence-corrected chi connectivity index (χ0v) is 8.56. The maximum Gasteiger partial charge on any atom is 0.160 e. The van der Waals surface area contributed by atoms with Crippen LogP contribution in [0.3, 0.4) is 0 Å². The second-order valence-electron chi connectivity index (χ2n) is 4.23. The molecule has 0 saturated heterocycles. The smallest absolute Gasteiger partial charge is 0.160 e. The minimum absolute atomic E-state index is 0.571. The maximum atomic E-state index is 5.77. The van der Waals surface area contributed by atoms with Crippen LogP contribution >= 0.6 is 0 Å². The summed E-state index contributed by atoms with van der Waals surface area (Å²) in [6.45, 7) is 0. The third-order valence-corrected chi connectivity index (χ3v) is 3.17. The van der Waals surface area contributed by atoms with Gasteiger partial charge in [-0.1, -0.05) is 12.8 Å². The number of rotatable bonds is 1. The molecule has 4 heteroatoms. The highest BCUT2D eigenvalue weighted by Gasteiger charge is 2.21. The van der Waals surface area contributed by atoms with Gasteiger partial charge in [0.05, 0.1) is 0 Å². The average molecular weight is 202 g/mol. The first-order chi connectivity index (χ1) is 7.34. The van der Waals surface area contributed by atoms with E-state index in [9.17, 15) is 0 Å². The number of nitrogens with two attached hydrogens (primary N) is 1. The fourth-order valence-electron chi connectivity index (χ4n) is 2.39. The van der Waals surface area contributed by atoms with Crippen LogP contribution in [0.5, 0.6) is 0 Å². The van der Waals surface area contributed by atoms with E-state index in [4.69, 9.17) is 5.73 Å². The molecule has 1 aliphatic carbocycles. The summed E-state index contributed by atoms with van der Waals surface area (Å²) >= 11 is 0. The van der Waals surface area contributed by atoms with Crippen LogP contribution in [-0.4, -0.2) is 14.6 Å². The Morgan fingerprint density at radius 1 is 1.20 bits per heavy atom. The van der Waals surface area contributed by atoms with Gasteiger partial charge in [0.1, 0.15) is 5.82 Å². The van der Waals surface area contributed by atoms with Gasteiger partial charge in [0.25, 0.3) is 0 Å². The second-order valence-corrected chi connectivity index (χ2v) is 4.23. The van der Waals surface area contributed by atoms with Crippen LogP contribution in [0.1, 0.15) is 37.4 Å². The number of nitrogen functional groups attached to an aromatic ring is 1. The lowest BCUT2D eigenvalue weighted by Crippen LogP contribution is -2.01. The van der Waals surface area contributed by atoms with Crippen LogP contribution in [0.15, 0.2) is 18.3 Å². The molecular weight excluding hydrogens is 188 g/mol. The van der Waals surface area contributed by atoms with Crippen molar-refractivity contribution in [2.75, 3.05) is 5.73 Å². The first kappa shape index (κ1) is 8.71. The molecule has 0 bridgehead atoms. The summed E-state index contributed by atoms with van der Waals surface area (Å²) in [6.07, 6.45) is 7.00. The largest absolute Gasteiger partial charge is 0.398 e. The highest BCUT2D eigenvalue weighted by Crippen LogP contribution is 2.33. The molecule has 1 fully saturated rings. The molecule has 2 aromatic heterocycles. The SMILES string of the molecule is Nc1ccc2nnc(C3CCCC3)n2c1. The molecule has 0 aliphatic heterocycles. The number of fused-ring (bicyclic) bond motifs is 1. The van der Waals surface area contributed by atoms with E-state index in [1.807, 2.05) is 22.7 Å². The highest BCUT2D eigenvalue weighted by molar-refractivity contribution is 5.47.